The van der Waals surface area contributed by atoms with Gasteiger partial charge in [0.2, 0.25) is 0 Å². The number of rotatable bonds is 7. The summed E-state index contributed by atoms with van der Waals surface area (Å²) in [5, 5.41) is 4.29. The molecule has 0 radical (unpaired) electrons. The minimum absolute atomic E-state index is 0.235. The van der Waals surface area contributed by atoms with Gasteiger partial charge in [-0.3, -0.25) is 0 Å². The summed E-state index contributed by atoms with van der Waals surface area (Å²) in [6.45, 7) is 3.15. The summed E-state index contributed by atoms with van der Waals surface area (Å²) in [6.07, 6.45) is 2.83. The highest BCUT2D eigenvalue weighted by atomic mass is 35.5. The number of benzene rings is 1. The molecule has 1 N–H and O–H groups in total. The molecule has 0 amide bonds. The van der Waals surface area contributed by atoms with Crippen molar-refractivity contribution in [3.05, 3.63) is 53.4 Å². The lowest BCUT2D eigenvalue weighted by atomic mass is 10.2. The van der Waals surface area contributed by atoms with Crippen LogP contribution < -0.4 is 5.32 Å². The van der Waals surface area contributed by atoms with Gasteiger partial charge >= 0.3 is 0 Å². The highest BCUT2D eigenvalue weighted by Gasteiger charge is 2.13. The lowest BCUT2D eigenvalue weighted by Gasteiger charge is -2.15. The van der Waals surface area contributed by atoms with Gasteiger partial charge in [-0.25, -0.2) is 0 Å². The van der Waals surface area contributed by atoms with Crippen LogP contribution in [-0.4, -0.2) is 12.3 Å². The van der Waals surface area contributed by atoms with Crippen molar-refractivity contribution in [1.82, 2.24) is 5.32 Å². The molecule has 0 spiro atoms. The summed E-state index contributed by atoms with van der Waals surface area (Å²) in [6, 6.07) is 12.1. The largest absolute Gasteiger partial charge is 0.468 e. The quantitative estimate of drug-likeness (QED) is 0.745. The molecule has 0 fully saturated rings. The zero-order valence-electron chi connectivity index (χ0n) is 10.9. The van der Waals surface area contributed by atoms with E-state index < -0.39 is 0 Å². The maximum atomic E-state index is 6.00. The Balaban J connectivity index is 1.96. The van der Waals surface area contributed by atoms with E-state index in [9.17, 15) is 0 Å². The Hall–Kier alpha value is -0.900. The Morgan fingerprint density at radius 2 is 2.21 bits per heavy atom. The molecule has 1 atom stereocenters. The second-order valence-corrected chi connectivity index (χ2v) is 5.82. The van der Waals surface area contributed by atoms with Gasteiger partial charge in [-0.2, -0.15) is 0 Å². The molecule has 1 heterocycles. The predicted octanol–water partition coefficient (Wildman–Crippen LogP) is 4.77. The number of hydrogen-bond donors (Lipinski definition) is 1. The van der Waals surface area contributed by atoms with Gasteiger partial charge in [-0.15, -0.1) is 11.8 Å². The number of halogens is 1. The monoisotopic (exact) mass is 295 g/mol. The van der Waals surface area contributed by atoms with Crippen molar-refractivity contribution in [3.8, 4) is 0 Å². The molecule has 0 saturated carbocycles. The van der Waals surface area contributed by atoms with Gasteiger partial charge in [-0.05, 0) is 43.3 Å². The van der Waals surface area contributed by atoms with Crippen molar-refractivity contribution in [2.75, 3.05) is 12.3 Å². The molecule has 19 heavy (non-hydrogen) atoms. The summed E-state index contributed by atoms with van der Waals surface area (Å²) in [5.74, 6) is 1.91. The van der Waals surface area contributed by atoms with Crippen LogP contribution in [0, 0.1) is 0 Å². The normalized spacial score (nSPS) is 12.5. The first-order chi connectivity index (χ1) is 9.29. The van der Waals surface area contributed by atoms with E-state index in [1.165, 1.54) is 4.90 Å². The van der Waals surface area contributed by atoms with Crippen molar-refractivity contribution in [2.45, 2.75) is 24.3 Å². The lowest BCUT2D eigenvalue weighted by molar-refractivity contribution is 0.435. The Labute approximate surface area is 123 Å². The molecule has 4 heteroatoms. The van der Waals surface area contributed by atoms with Crippen LogP contribution in [0.15, 0.2) is 52.0 Å². The molecular formula is C15H18ClNOS. The van der Waals surface area contributed by atoms with Gasteiger partial charge in [0.15, 0.2) is 0 Å². The Morgan fingerprint density at radius 1 is 1.32 bits per heavy atom. The first kappa shape index (κ1) is 14.5. The average molecular weight is 296 g/mol. The summed E-state index contributed by atoms with van der Waals surface area (Å²) in [7, 11) is 0. The smallest absolute Gasteiger partial charge is 0.121 e. The molecular weight excluding hydrogens is 278 g/mol. The number of nitrogens with one attached hydrogen (secondary N) is 1. The van der Waals surface area contributed by atoms with E-state index in [2.05, 4.69) is 18.3 Å². The van der Waals surface area contributed by atoms with E-state index in [4.69, 9.17) is 16.0 Å². The van der Waals surface area contributed by atoms with Crippen LogP contribution in [-0.2, 0) is 0 Å². The van der Waals surface area contributed by atoms with Crippen LogP contribution in [0.3, 0.4) is 0 Å². The third-order valence-corrected chi connectivity index (χ3v) is 4.06. The zero-order valence-corrected chi connectivity index (χ0v) is 12.5. The lowest BCUT2D eigenvalue weighted by Crippen LogP contribution is -2.23. The van der Waals surface area contributed by atoms with Gasteiger partial charge in [-0.1, -0.05) is 24.6 Å². The Kier molecular flexibility index (Phi) is 5.83. The second-order valence-electron chi connectivity index (χ2n) is 4.29. The van der Waals surface area contributed by atoms with Gasteiger partial charge in [0.25, 0.3) is 0 Å². The van der Waals surface area contributed by atoms with Crippen LogP contribution in [0.2, 0.25) is 5.02 Å². The van der Waals surface area contributed by atoms with Crippen molar-refractivity contribution < 1.29 is 4.42 Å². The predicted molar refractivity (Wildman–Crippen MR) is 81.9 cm³/mol. The minimum Gasteiger partial charge on any atom is -0.468 e. The van der Waals surface area contributed by atoms with E-state index >= 15 is 0 Å². The second kappa shape index (κ2) is 7.63. The third kappa shape index (κ3) is 4.60. The molecule has 2 aromatic rings. The first-order valence-electron chi connectivity index (χ1n) is 6.44. The van der Waals surface area contributed by atoms with Crippen molar-refractivity contribution in [2.24, 2.45) is 0 Å². The summed E-state index contributed by atoms with van der Waals surface area (Å²) in [5.41, 5.74) is 0. The first-order valence-corrected chi connectivity index (χ1v) is 7.81. The van der Waals surface area contributed by atoms with Gasteiger partial charge in [0.1, 0.15) is 5.76 Å². The van der Waals surface area contributed by atoms with Gasteiger partial charge in [0.05, 0.1) is 12.3 Å². The van der Waals surface area contributed by atoms with Crippen LogP contribution >= 0.6 is 23.4 Å². The number of thioether (sulfide) groups is 1. The average Bonchev–Trinajstić information content (AvgIpc) is 2.93. The van der Waals surface area contributed by atoms with Crippen LogP contribution in [0.5, 0.6) is 0 Å². The molecule has 1 aromatic carbocycles. The van der Waals surface area contributed by atoms with Crippen LogP contribution in [0.1, 0.15) is 25.1 Å². The zero-order chi connectivity index (χ0) is 13.5. The van der Waals surface area contributed by atoms with Crippen molar-refractivity contribution >= 4 is 23.4 Å². The number of hydrogen-bond acceptors (Lipinski definition) is 3. The van der Waals surface area contributed by atoms with Gasteiger partial charge < -0.3 is 9.73 Å². The maximum absolute atomic E-state index is 6.00. The fraction of sp³-hybridized carbons (Fsp3) is 0.333. The van der Waals surface area contributed by atoms with E-state index in [1.807, 2.05) is 30.3 Å². The summed E-state index contributed by atoms with van der Waals surface area (Å²) < 4.78 is 5.50. The van der Waals surface area contributed by atoms with Crippen molar-refractivity contribution in [3.63, 3.8) is 0 Å². The van der Waals surface area contributed by atoms with Gasteiger partial charge in [0, 0.05) is 15.7 Å². The number of furan rings is 1. The molecule has 1 unspecified atom stereocenters. The SMILES string of the molecule is CCCNC(CSc1cccc(Cl)c1)c1ccco1. The third-order valence-electron chi connectivity index (χ3n) is 2.74. The highest BCUT2D eigenvalue weighted by Crippen LogP contribution is 2.26. The standard InChI is InChI=1S/C15H18ClNOS/c1-2-8-17-14(15-7-4-9-18-15)11-19-13-6-3-5-12(16)10-13/h3-7,9-10,14,17H,2,8,11H2,1H3. The topological polar surface area (TPSA) is 25.2 Å². The summed E-state index contributed by atoms with van der Waals surface area (Å²) >= 11 is 7.78. The fourth-order valence-electron chi connectivity index (χ4n) is 1.79. The molecule has 102 valence electrons. The molecule has 0 aliphatic carbocycles. The fourth-order valence-corrected chi connectivity index (χ4v) is 3.07. The van der Waals surface area contributed by atoms with Crippen molar-refractivity contribution in [1.29, 1.82) is 0 Å². The van der Waals surface area contributed by atoms with E-state index in [1.54, 1.807) is 18.0 Å². The molecule has 0 aliphatic heterocycles. The minimum atomic E-state index is 0.235. The Bertz CT molecular complexity index is 487. The van der Waals surface area contributed by atoms with E-state index in [0.29, 0.717) is 0 Å². The molecule has 1 aromatic heterocycles. The molecule has 0 aliphatic rings. The van der Waals surface area contributed by atoms with E-state index in [-0.39, 0.29) is 6.04 Å². The highest BCUT2D eigenvalue weighted by molar-refractivity contribution is 7.99. The molecule has 0 saturated heterocycles. The Morgan fingerprint density at radius 3 is 2.89 bits per heavy atom. The maximum Gasteiger partial charge on any atom is 0.121 e. The van der Waals surface area contributed by atoms with E-state index in [0.717, 1.165) is 29.5 Å². The molecule has 0 bridgehead atoms. The van der Waals surface area contributed by atoms with Crippen LogP contribution in [0.25, 0.3) is 0 Å². The van der Waals surface area contributed by atoms with Crippen LogP contribution in [0.4, 0.5) is 0 Å². The summed E-state index contributed by atoms with van der Waals surface area (Å²) in [4.78, 5) is 1.18. The molecule has 2 rings (SSSR count). The molecule has 2 nitrogen and oxygen atoms in total.